The molecule has 2 aromatic carbocycles. The first-order valence-electron chi connectivity index (χ1n) is 6.91. The number of nitrogens with one attached hydrogen (secondary N) is 1. The number of carbonyl (C=O) groups is 1. The van der Waals surface area contributed by atoms with Gasteiger partial charge < -0.3 is 5.32 Å². The molecule has 0 unspecified atom stereocenters. The number of hydrogen-bond acceptors (Lipinski definition) is 5. The third-order valence-electron chi connectivity index (χ3n) is 3.27. The third-order valence-corrected chi connectivity index (χ3v) is 6.08. The van der Waals surface area contributed by atoms with E-state index < -0.39 is 20.9 Å². The van der Waals surface area contributed by atoms with Crippen molar-refractivity contribution in [1.82, 2.24) is 4.31 Å². The van der Waals surface area contributed by atoms with Gasteiger partial charge in [-0.1, -0.05) is 6.07 Å². The zero-order valence-corrected chi connectivity index (χ0v) is 15.7. The first kappa shape index (κ1) is 19.0. The zero-order chi connectivity index (χ0) is 18.8. The van der Waals surface area contributed by atoms with Gasteiger partial charge in [-0.2, -0.15) is 0 Å². The van der Waals surface area contributed by atoms with Crippen molar-refractivity contribution in [2.75, 3.05) is 19.4 Å². The van der Waals surface area contributed by atoms with Crippen LogP contribution in [0.25, 0.3) is 0 Å². The number of sulfonamides is 1. The second kappa shape index (κ2) is 7.30. The van der Waals surface area contributed by atoms with Crippen molar-refractivity contribution in [3.63, 3.8) is 0 Å². The SMILES string of the molecule is CN(C)S(=O)(=O)c1cc(C(=O)Nc2cccc([N+](=O)[O-])c2)ccc1Br. The van der Waals surface area contributed by atoms with Crippen molar-refractivity contribution in [2.45, 2.75) is 4.90 Å². The average Bonchev–Trinajstić information content (AvgIpc) is 2.55. The molecular weight excluding hydrogens is 414 g/mol. The first-order chi connectivity index (χ1) is 11.6. The topological polar surface area (TPSA) is 110 Å². The molecule has 10 heteroatoms. The summed E-state index contributed by atoms with van der Waals surface area (Å²) in [5, 5.41) is 13.3. The van der Waals surface area contributed by atoms with Gasteiger partial charge in [-0.05, 0) is 40.2 Å². The second-order valence-corrected chi connectivity index (χ2v) is 8.17. The molecule has 0 fully saturated rings. The van der Waals surface area contributed by atoms with Crippen LogP contribution in [0.4, 0.5) is 11.4 Å². The molecule has 0 atom stereocenters. The van der Waals surface area contributed by atoms with E-state index in [0.29, 0.717) is 4.47 Å². The number of carbonyl (C=O) groups excluding carboxylic acids is 1. The van der Waals surface area contributed by atoms with Crippen LogP contribution in [0.3, 0.4) is 0 Å². The molecule has 132 valence electrons. The van der Waals surface area contributed by atoms with Crippen LogP contribution in [0.15, 0.2) is 51.8 Å². The lowest BCUT2D eigenvalue weighted by atomic mass is 10.2. The van der Waals surface area contributed by atoms with Crippen molar-refractivity contribution in [2.24, 2.45) is 0 Å². The molecule has 0 aliphatic carbocycles. The van der Waals surface area contributed by atoms with E-state index in [2.05, 4.69) is 21.2 Å². The summed E-state index contributed by atoms with van der Waals surface area (Å²) >= 11 is 3.16. The van der Waals surface area contributed by atoms with E-state index in [4.69, 9.17) is 0 Å². The van der Waals surface area contributed by atoms with Gasteiger partial charge in [0.05, 0.1) is 9.82 Å². The Labute approximate surface area is 152 Å². The Morgan fingerprint density at radius 2 is 1.88 bits per heavy atom. The Morgan fingerprint density at radius 1 is 1.20 bits per heavy atom. The molecule has 2 rings (SSSR count). The molecule has 25 heavy (non-hydrogen) atoms. The van der Waals surface area contributed by atoms with Crippen LogP contribution in [0.2, 0.25) is 0 Å². The number of non-ortho nitro benzene ring substituents is 1. The standard InChI is InChI=1S/C15H14BrN3O5S/c1-18(2)25(23,24)14-8-10(6-7-13(14)16)15(20)17-11-4-3-5-12(9-11)19(21)22/h3-9H,1-2H3,(H,17,20). The highest BCUT2D eigenvalue weighted by atomic mass is 79.9. The Bertz CT molecular complexity index is 944. The number of nitro groups is 1. The first-order valence-corrected chi connectivity index (χ1v) is 9.14. The normalized spacial score (nSPS) is 11.4. The summed E-state index contributed by atoms with van der Waals surface area (Å²) in [4.78, 5) is 22.5. The minimum Gasteiger partial charge on any atom is -0.322 e. The Morgan fingerprint density at radius 3 is 2.48 bits per heavy atom. The number of halogens is 1. The summed E-state index contributed by atoms with van der Waals surface area (Å²) < 4.78 is 26.0. The molecule has 0 saturated heterocycles. The fourth-order valence-electron chi connectivity index (χ4n) is 1.94. The number of anilines is 1. The monoisotopic (exact) mass is 427 g/mol. The maximum atomic E-state index is 12.4. The van der Waals surface area contributed by atoms with Crippen LogP contribution >= 0.6 is 15.9 Å². The summed E-state index contributed by atoms with van der Waals surface area (Å²) in [7, 11) is -0.964. The van der Waals surface area contributed by atoms with E-state index in [1.54, 1.807) is 0 Å². The summed E-state index contributed by atoms with van der Waals surface area (Å²) in [6.07, 6.45) is 0. The van der Waals surface area contributed by atoms with Crippen LogP contribution in [0, 0.1) is 10.1 Å². The van der Waals surface area contributed by atoms with Crippen molar-refractivity contribution in [3.8, 4) is 0 Å². The lowest BCUT2D eigenvalue weighted by Crippen LogP contribution is -2.23. The quantitative estimate of drug-likeness (QED) is 0.582. The Kier molecular flexibility index (Phi) is 5.55. The summed E-state index contributed by atoms with van der Waals surface area (Å²) in [5.41, 5.74) is 0.179. The number of rotatable bonds is 5. The largest absolute Gasteiger partial charge is 0.322 e. The van der Waals surface area contributed by atoms with Gasteiger partial charge >= 0.3 is 0 Å². The minimum absolute atomic E-state index is 0.0517. The molecule has 1 amide bonds. The lowest BCUT2D eigenvalue weighted by Gasteiger charge is -2.14. The van der Waals surface area contributed by atoms with Crippen LogP contribution in [-0.4, -0.2) is 37.6 Å². The van der Waals surface area contributed by atoms with E-state index in [-0.39, 0.29) is 21.8 Å². The maximum absolute atomic E-state index is 12.4. The number of hydrogen-bond donors (Lipinski definition) is 1. The third kappa shape index (κ3) is 4.21. The number of benzene rings is 2. The minimum atomic E-state index is -3.74. The summed E-state index contributed by atoms with van der Waals surface area (Å²) in [6.45, 7) is 0. The Hall–Kier alpha value is -2.30. The summed E-state index contributed by atoms with van der Waals surface area (Å²) in [5.74, 6) is -0.580. The number of amides is 1. The van der Waals surface area contributed by atoms with E-state index in [0.717, 1.165) is 4.31 Å². The van der Waals surface area contributed by atoms with E-state index in [9.17, 15) is 23.3 Å². The van der Waals surface area contributed by atoms with Crippen molar-refractivity contribution in [1.29, 1.82) is 0 Å². The fraction of sp³-hybridized carbons (Fsp3) is 0.133. The zero-order valence-electron chi connectivity index (χ0n) is 13.3. The lowest BCUT2D eigenvalue weighted by molar-refractivity contribution is -0.384. The van der Waals surface area contributed by atoms with Crippen molar-refractivity contribution >= 4 is 43.2 Å². The molecule has 8 nitrogen and oxygen atoms in total. The van der Waals surface area contributed by atoms with Gasteiger partial charge in [-0.15, -0.1) is 0 Å². The average molecular weight is 428 g/mol. The van der Waals surface area contributed by atoms with Gasteiger partial charge in [-0.25, -0.2) is 12.7 Å². The van der Waals surface area contributed by atoms with Crippen molar-refractivity contribution < 1.29 is 18.1 Å². The van der Waals surface area contributed by atoms with Gasteiger partial charge in [0.15, 0.2) is 0 Å². The number of nitro benzene ring substituents is 1. The Balaban J connectivity index is 2.35. The van der Waals surface area contributed by atoms with Gasteiger partial charge in [-0.3, -0.25) is 14.9 Å². The highest BCUT2D eigenvalue weighted by molar-refractivity contribution is 9.10. The predicted molar refractivity (Wildman–Crippen MR) is 96.1 cm³/mol. The van der Waals surface area contributed by atoms with Crippen LogP contribution < -0.4 is 5.32 Å². The van der Waals surface area contributed by atoms with Gasteiger partial charge in [0.25, 0.3) is 11.6 Å². The summed E-state index contributed by atoms with van der Waals surface area (Å²) in [6, 6.07) is 9.61. The molecule has 0 aliphatic heterocycles. The van der Waals surface area contributed by atoms with Crippen molar-refractivity contribution in [3.05, 3.63) is 62.6 Å². The molecular formula is C15H14BrN3O5S. The fourth-order valence-corrected chi connectivity index (χ4v) is 3.78. The molecule has 0 spiro atoms. The van der Waals surface area contributed by atoms with Gasteiger partial charge in [0.2, 0.25) is 10.0 Å². The van der Waals surface area contributed by atoms with Crippen LogP contribution in [-0.2, 0) is 10.0 Å². The van der Waals surface area contributed by atoms with E-state index >= 15 is 0 Å². The van der Waals surface area contributed by atoms with Crippen LogP contribution in [0.5, 0.6) is 0 Å². The van der Waals surface area contributed by atoms with Gasteiger partial charge in [0, 0.05) is 42.0 Å². The smallest absolute Gasteiger partial charge is 0.271 e. The number of nitrogens with zero attached hydrogens (tertiary/aromatic N) is 2. The predicted octanol–water partition coefficient (Wildman–Crippen LogP) is 2.86. The molecule has 1 N–H and O–H groups in total. The highest BCUT2D eigenvalue weighted by Crippen LogP contribution is 2.26. The molecule has 0 aromatic heterocycles. The highest BCUT2D eigenvalue weighted by Gasteiger charge is 2.22. The van der Waals surface area contributed by atoms with E-state index in [1.807, 2.05) is 0 Å². The van der Waals surface area contributed by atoms with Crippen LogP contribution in [0.1, 0.15) is 10.4 Å². The second-order valence-electron chi connectivity index (χ2n) is 5.19. The van der Waals surface area contributed by atoms with Gasteiger partial charge in [0.1, 0.15) is 0 Å². The molecule has 0 bridgehead atoms. The van der Waals surface area contributed by atoms with E-state index in [1.165, 1.54) is 56.6 Å². The molecule has 2 aromatic rings. The maximum Gasteiger partial charge on any atom is 0.271 e. The molecule has 0 aliphatic rings. The molecule has 0 heterocycles. The molecule has 0 radical (unpaired) electrons. The molecule has 0 saturated carbocycles.